The first-order chi connectivity index (χ1) is 12.2. The summed E-state index contributed by atoms with van der Waals surface area (Å²) in [6.45, 7) is 12.3. The number of hydrogen-bond acceptors (Lipinski definition) is 8. The van der Waals surface area contributed by atoms with Crippen LogP contribution in [0.5, 0.6) is 5.88 Å². The van der Waals surface area contributed by atoms with Crippen molar-refractivity contribution in [3.63, 3.8) is 0 Å². The van der Waals surface area contributed by atoms with Crippen LogP contribution in [-0.2, 0) is 15.9 Å². The third-order valence-electron chi connectivity index (χ3n) is 4.51. The van der Waals surface area contributed by atoms with Gasteiger partial charge in [0.1, 0.15) is 13.3 Å². The number of rotatable bonds is 9. The molecule has 0 aliphatic heterocycles. The summed E-state index contributed by atoms with van der Waals surface area (Å²) in [5.74, 6) is 0.329. The molecule has 0 atom stereocenters. The summed E-state index contributed by atoms with van der Waals surface area (Å²) in [5, 5.41) is 9.07. The van der Waals surface area contributed by atoms with Crippen LogP contribution in [0.25, 0.3) is 11.2 Å². The van der Waals surface area contributed by atoms with Gasteiger partial charge in [0, 0.05) is 0 Å². The van der Waals surface area contributed by atoms with Gasteiger partial charge in [-0.25, -0.2) is 4.98 Å². The van der Waals surface area contributed by atoms with E-state index in [0.29, 0.717) is 24.4 Å². The molecule has 0 aromatic carbocycles. The Hall–Kier alpha value is -1.75. The highest BCUT2D eigenvalue weighted by Gasteiger charge is 2.36. The zero-order valence-corrected chi connectivity index (χ0v) is 17.2. The van der Waals surface area contributed by atoms with Crippen molar-refractivity contribution in [3.05, 3.63) is 6.33 Å². The fourth-order valence-corrected chi connectivity index (χ4v) is 3.03. The number of nitrogens with two attached hydrogens (primary N) is 1. The molecule has 2 aromatic heterocycles. The highest BCUT2D eigenvalue weighted by Crippen LogP contribution is 2.36. The molecule has 26 heavy (non-hydrogen) atoms. The van der Waals surface area contributed by atoms with E-state index in [1.807, 2.05) is 0 Å². The first kappa shape index (κ1) is 20.6. The number of imidazole rings is 1. The number of aliphatic hydroxyl groups excluding tert-OH is 1. The maximum atomic E-state index is 8.89. The Labute approximate surface area is 154 Å². The van der Waals surface area contributed by atoms with Crippen LogP contribution in [0.2, 0.25) is 18.1 Å². The lowest BCUT2D eigenvalue weighted by atomic mass is 10.2. The van der Waals surface area contributed by atoms with E-state index in [9.17, 15) is 0 Å². The molecular weight excluding hydrogens is 354 g/mol. The van der Waals surface area contributed by atoms with Gasteiger partial charge in [-0.1, -0.05) is 20.8 Å². The van der Waals surface area contributed by atoms with Crippen LogP contribution in [0.4, 0.5) is 5.95 Å². The number of fused-ring (bicyclic) bond motifs is 1. The molecule has 0 amide bonds. The largest absolute Gasteiger partial charge is 0.474 e. The summed E-state index contributed by atoms with van der Waals surface area (Å²) in [4.78, 5) is 12.5. The smallest absolute Gasteiger partial charge is 0.247 e. The van der Waals surface area contributed by atoms with E-state index in [1.165, 1.54) is 0 Å². The van der Waals surface area contributed by atoms with Gasteiger partial charge in [-0.3, -0.25) is 4.57 Å². The van der Waals surface area contributed by atoms with E-state index in [4.69, 9.17) is 24.7 Å². The van der Waals surface area contributed by atoms with Crippen LogP contribution >= 0.6 is 0 Å². The van der Waals surface area contributed by atoms with Gasteiger partial charge in [0.25, 0.3) is 0 Å². The van der Waals surface area contributed by atoms with E-state index in [0.717, 1.165) is 0 Å². The van der Waals surface area contributed by atoms with Crippen molar-refractivity contribution in [2.75, 3.05) is 32.2 Å². The zero-order chi connectivity index (χ0) is 19.4. The predicted molar refractivity (Wildman–Crippen MR) is 101 cm³/mol. The number of anilines is 1. The number of aliphatic hydroxyl groups is 1. The lowest BCUT2D eigenvalue weighted by molar-refractivity contribution is 0.0525. The van der Waals surface area contributed by atoms with Crippen LogP contribution in [0.1, 0.15) is 20.8 Å². The van der Waals surface area contributed by atoms with E-state index in [1.54, 1.807) is 10.9 Å². The normalized spacial score (nSPS) is 12.7. The molecule has 2 aromatic rings. The Bertz CT molecular complexity index is 729. The van der Waals surface area contributed by atoms with Crippen LogP contribution in [0, 0.1) is 0 Å². The number of nitrogens with zero attached hydrogens (tertiary/aromatic N) is 4. The second-order valence-corrected chi connectivity index (χ2v) is 12.3. The minimum absolute atomic E-state index is 0.0773. The van der Waals surface area contributed by atoms with Gasteiger partial charge < -0.3 is 24.7 Å². The van der Waals surface area contributed by atoms with E-state index >= 15 is 0 Å². The average molecular weight is 384 g/mol. The van der Waals surface area contributed by atoms with Crippen molar-refractivity contribution >= 4 is 25.4 Å². The molecule has 146 valence electrons. The molecule has 0 spiro atoms. The first-order valence-electron chi connectivity index (χ1n) is 8.59. The van der Waals surface area contributed by atoms with Gasteiger partial charge in [-0.05, 0) is 18.1 Å². The van der Waals surface area contributed by atoms with E-state index in [2.05, 4.69) is 48.8 Å². The quantitative estimate of drug-likeness (QED) is 0.497. The van der Waals surface area contributed by atoms with Crippen molar-refractivity contribution in [3.8, 4) is 5.88 Å². The molecule has 0 bridgehead atoms. The van der Waals surface area contributed by atoms with Crippen LogP contribution in [0.15, 0.2) is 6.33 Å². The van der Waals surface area contributed by atoms with Gasteiger partial charge in [-0.2, -0.15) is 9.97 Å². The third-order valence-corrected chi connectivity index (χ3v) is 9.04. The van der Waals surface area contributed by atoms with Gasteiger partial charge in [0.2, 0.25) is 11.8 Å². The lowest BCUT2D eigenvalue weighted by Gasteiger charge is -2.36. The minimum Gasteiger partial charge on any atom is -0.474 e. The maximum absolute atomic E-state index is 8.89. The van der Waals surface area contributed by atoms with Gasteiger partial charge in [0.05, 0.1) is 26.1 Å². The molecule has 0 aliphatic rings. The highest BCUT2D eigenvalue weighted by molar-refractivity contribution is 6.74. The topological polar surface area (TPSA) is 118 Å². The van der Waals surface area contributed by atoms with Crippen molar-refractivity contribution in [1.82, 2.24) is 19.5 Å². The molecule has 0 radical (unpaired) electrons. The SMILES string of the molecule is CC(C)(C)[Si](C)(C)OCCOCn1cnc2c(OCCO)nc(N)nc21. The van der Waals surface area contributed by atoms with Crippen molar-refractivity contribution in [1.29, 1.82) is 0 Å². The van der Waals surface area contributed by atoms with Crippen molar-refractivity contribution in [2.45, 2.75) is 45.6 Å². The molecule has 2 rings (SSSR count). The summed E-state index contributed by atoms with van der Waals surface area (Å²) < 4.78 is 18.9. The Balaban J connectivity index is 1.94. The maximum Gasteiger partial charge on any atom is 0.247 e. The van der Waals surface area contributed by atoms with Crippen LogP contribution < -0.4 is 10.5 Å². The number of nitrogen functional groups attached to an aromatic ring is 1. The molecule has 3 N–H and O–H groups in total. The number of hydrogen-bond donors (Lipinski definition) is 2. The van der Waals surface area contributed by atoms with Gasteiger partial charge in [-0.15, -0.1) is 0 Å². The fourth-order valence-electron chi connectivity index (χ4n) is 2.01. The van der Waals surface area contributed by atoms with E-state index < -0.39 is 8.32 Å². The predicted octanol–water partition coefficient (Wildman–Crippen LogP) is 1.78. The summed E-state index contributed by atoms with van der Waals surface area (Å²) in [6, 6.07) is 0. The molecular formula is C16H29N5O4Si. The zero-order valence-electron chi connectivity index (χ0n) is 16.2. The lowest BCUT2D eigenvalue weighted by Crippen LogP contribution is -2.41. The Morgan fingerprint density at radius 3 is 2.58 bits per heavy atom. The number of ether oxygens (including phenoxy) is 2. The Morgan fingerprint density at radius 2 is 1.92 bits per heavy atom. The molecule has 0 aliphatic carbocycles. The molecule has 9 nitrogen and oxygen atoms in total. The van der Waals surface area contributed by atoms with Gasteiger partial charge in [0.15, 0.2) is 19.5 Å². The Morgan fingerprint density at radius 1 is 1.19 bits per heavy atom. The molecule has 2 heterocycles. The van der Waals surface area contributed by atoms with Crippen LogP contribution in [0.3, 0.4) is 0 Å². The monoisotopic (exact) mass is 383 g/mol. The Kier molecular flexibility index (Phi) is 6.56. The fraction of sp³-hybridized carbons (Fsp3) is 0.688. The van der Waals surface area contributed by atoms with Crippen molar-refractivity contribution in [2.24, 2.45) is 0 Å². The second kappa shape index (κ2) is 8.29. The third kappa shape index (κ3) is 4.91. The minimum atomic E-state index is -1.77. The molecule has 0 unspecified atom stereocenters. The molecule has 0 saturated carbocycles. The summed E-state index contributed by atoms with van der Waals surface area (Å²) >= 11 is 0. The van der Waals surface area contributed by atoms with Crippen molar-refractivity contribution < 1.29 is 19.0 Å². The average Bonchev–Trinajstić information content (AvgIpc) is 2.94. The number of aromatic nitrogens is 4. The molecule has 0 saturated heterocycles. The summed E-state index contributed by atoms with van der Waals surface area (Å²) in [6.07, 6.45) is 1.60. The highest BCUT2D eigenvalue weighted by atomic mass is 28.4. The molecule has 0 fully saturated rings. The second-order valence-electron chi connectivity index (χ2n) is 7.49. The standard InChI is InChI=1S/C16H29N5O4Si/c1-16(2,3)26(4,5)25-9-8-23-11-21-10-18-12-13(21)19-15(17)20-14(12)24-7-6-22/h10,22H,6-9,11H2,1-5H3,(H2,17,19,20). The van der Waals surface area contributed by atoms with Gasteiger partial charge >= 0.3 is 0 Å². The summed E-state index contributed by atoms with van der Waals surface area (Å²) in [7, 11) is -1.77. The van der Waals surface area contributed by atoms with E-state index in [-0.39, 0.29) is 36.8 Å². The molecule has 10 heteroatoms. The summed E-state index contributed by atoms with van der Waals surface area (Å²) in [5.41, 5.74) is 6.73. The van der Waals surface area contributed by atoms with Crippen LogP contribution in [-0.4, -0.2) is 59.4 Å². The first-order valence-corrected chi connectivity index (χ1v) is 11.5.